The van der Waals surface area contributed by atoms with Crippen LogP contribution in [0.5, 0.6) is 0 Å². The lowest BCUT2D eigenvalue weighted by Gasteiger charge is -2.22. The van der Waals surface area contributed by atoms with E-state index in [1.807, 2.05) is 36.4 Å². The quantitative estimate of drug-likeness (QED) is 0.184. The van der Waals surface area contributed by atoms with E-state index in [-0.39, 0.29) is 49.4 Å². The third-order valence-electron chi connectivity index (χ3n) is 10.1. The number of nitrogens with zero attached hydrogens (tertiary/aromatic N) is 5. The Kier molecular flexibility index (Phi) is 3.78. The van der Waals surface area contributed by atoms with Crippen LogP contribution < -0.4 is 0 Å². The predicted molar refractivity (Wildman–Crippen MR) is 217 cm³/mol. The molecule has 0 radical (unpaired) electrons. The number of benzene rings is 7. The van der Waals surface area contributed by atoms with Gasteiger partial charge in [0.25, 0.3) is 0 Å². The summed E-state index contributed by atoms with van der Waals surface area (Å²) in [5.74, 6) is -1.04. The Morgan fingerprint density at radius 1 is 0.453 bits per heavy atom. The van der Waals surface area contributed by atoms with Crippen molar-refractivity contribution >= 4 is 43.6 Å². The van der Waals surface area contributed by atoms with Crippen LogP contribution in [0.15, 0.2) is 163 Å². The number of aromatic nitrogens is 5. The second-order valence-corrected chi connectivity index (χ2v) is 13.3. The number of hydrogen-bond acceptors (Lipinski definition) is 3. The first kappa shape index (κ1) is 18.1. The molecule has 0 atom stereocenters. The van der Waals surface area contributed by atoms with Gasteiger partial charge in [-0.3, -0.25) is 9.13 Å². The molecule has 11 rings (SSSR count). The van der Waals surface area contributed by atoms with Gasteiger partial charge in [0.15, 0.2) is 5.82 Å². The molecular formula is C48H33N5. The summed E-state index contributed by atoms with van der Waals surface area (Å²) >= 11 is 0. The van der Waals surface area contributed by atoms with Crippen molar-refractivity contribution in [2.24, 2.45) is 0 Å². The van der Waals surface area contributed by atoms with E-state index in [1.165, 1.54) is 0 Å². The van der Waals surface area contributed by atoms with Crippen LogP contribution in [0.4, 0.5) is 0 Å². The molecule has 3 aromatic heterocycles. The number of hydrogen-bond donors (Lipinski definition) is 0. The second kappa shape index (κ2) is 11.1. The van der Waals surface area contributed by atoms with Crippen molar-refractivity contribution in [3.05, 3.63) is 175 Å². The molecule has 1 aliphatic carbocycles. The molecule has 250 valence electrons. The summed E-state index contributed by atoms with van der Waals surface area (Å²) in [7, 11) is 0. The largest absolute Gasteiger partial charge is 0.278 e. The Bertz CT molecular complexity index is 3690. The monoisotopic (exact) mass is 695 g/mol. The topological polar surface area (TPSA) is 48.5 Å². The fraction of sp³-hybridized carbons (Fsp3) is 0.0625. The molecule has 0 saturated heterocycles. The molecule has 0 spiro atoms. The number of para-hydroxylation sites is 4. The molecule has 0 bridgehead atoms. The molecular weight excluding hydrogens is 647 g/mol. The zero-order valence-electron chi connectivity index (χ0n) is 44.1. The van der Waals surface area contributed by atoms with E-state index >= 15 is 0 Å². The Morgan fingerprint density at radius 3 is 1.42 bits per heavy atom. The van der Waals surface area contributed by atoms with Crippen LogP contribution >= 0.6 is 0 Å². The van der Waals surface area contributed by atoms with Gasteiger partial charge in [0.2, 0.25) is 11.9 Å². The predicted octanol–water partition coefficient (Wildman–Crippen LogP) is 11.7. The van der Waals surface area contributed by atoms with Crippen molar-refractivity contribution in [3.8, 4) is 45.5 Å². The summed E-state index contributed by atoms with van der Waals surface area (Å²) in [6.07, 6.45) is 0. The zero-order valence-corrected chi connectivity index (χ0v) is 28.1. The Morgan fingerprint density at radius 2 is 0.887 bits per heavy atom. The molecule has 5 nitrogen and oxygen atoms in total. The van der Waals surface area contributed by atoms with E-state index in [0.717, 1.165) is 37.0 Å². The summed E-state index contributed by atoms with van der Waals surface area (Å²) in [5.41, 5.74) is 4.44. The summed E-state index contributed by atoms with van der Waals surface area (Å²) in [6, 6.07) is 11.0. The molecule has 53 heavy (non-hydrogen) atoms. The molecule has 1 aliphatic rings. The van der Waals surface area contributed by atoms with E-state index in [0.29, 0.717) is 11.1 Å². The fourth-order valence-corrected chi connectivity index (χ4v) is 7.72. The lowest BCUT2D eigenvalue weighted by atomic mass is 9.81. The van der Waals surface area contributed by atoms with E-state index in [9.17, 15) is 5.48 Å². The molecule has 3 heterocycles. The maximum absolute atomic E-state index is 9.23. The SMILES string of the molecule is [2H]c1c([2H])c([2H])c2c(c1[2H])c1c([2H])c([2H])c([2H])c([2H])c1n2-c1nc(-c2ccccc2-c2ccc3c(c2)C(C)(C)c2ccccc2-3)nc(-n2c3c([2H])c([2H])c([2H])c([2H])c3c3c([2H])c([2H])c([2H])c([2H])c32)n1. The third-order valence-corrected chi connectivity index (χ3v) is 10.1. The first-order valence-corrected chi connectivity index (χ1v) is 16.8. The number of rotatable bonds is 4. The van der Waals surface area contributed by atoms with Crippen molar-refractivity contribution in [2.75, 3.05) is 0 Å². The van der Waals surface area contributed by atoms with Gasteiger partial charge in [-0.15, -0.1) is 0 Å². The third kappa shape index (κ3) is 4.28. The lowest BCUT2D eigenvalue weighted by molar-refractivity contribution is 0.660. The highest BCUT2D eigenvalue weighted by Gasteiger charge is 2.35. The van der Waals surface area contributed by atoms with E-state index in [2.05, 4.69) is 32.0 Å². The van der Waals surface area contributed by atoms with Crippen LogP contribution in [0.1, 0.15) is 46.9 Å². The molecule has 0 unspecified atom stereocenters. The van der Waals surface area contributed by atoms with Gasteiger partial charge in [-0.1, -0.05) is 147 Å². The highest BCUT2D eigenvalue weighted by atomic mass is 15.3. The minimum atomic E-state index is -0.692. The molecule has 0 N–H and O–H groups in total. The van der Waals surface area contributed by atoms with Crippen molar-refractivity contribution in [1.82, 2.24) is 24.1 Å². The first-order chi connectivity index (χ1) is 32.7. The Labute approximate surface area is 329 Å². The Hall–Kier alpha value is -6.85. The molecule has 0 aliphatic heterocycles. The van der Waals surface area contributed by atoms with Gasteiger partial charge in [-0.25, -0.2) is 0 Å². The highest BCUT2D eigenvalue weighted by molar-refractivity contribution is 6.10. The maximum atomic E-state index is 9.23. The Balaban J connectivity index is 1.33. The van der Waals surface area contributed by atoms with Gasteiger partial charge in [0, 0.05) is 32.5 Å². The molecule has 10 aromatic rings. The van der Waals surface area contributed by atoms with Crippen LogP contribution in [0.3, 0.4) is 0 Å². The van der Waals surface area contributed by atoms with E-state index in [1.54, 1.807) is 12.1 Å². The summed E-state index contributed by atoms with van der Waals surface area (Å²) in [5, 5.41) is -1.02. The summed E-state index contributed by atoms with van der Waals surface area (Å²) < 4.78 is 145. The fourth-order valence-electron chi connectivity index (χ4n) is 7.72. The average Bonchev–Trinajstić information content (AvgIpc) is 3.98. The maximum Gasteiger partial charge on any atom is 0.240 e. The van der Waals surface area contributed by atoms with Gasteiger partial charge in [-0.2, -0.15) is 15.0 Å². The van der Waals surface area contributed by atoms with E-state index in [4.69, 9.17) is 31.4 Å². The van der Waals surface area contributed by atoms with Crippen molar-refractivity contribution in [1.29, 1.82) is 0 Å². The minimum Gasteiger partial charge on any atom is -0.278 e. The van der Waals surface area contributed by atoms with Crippen LogP contribution in [-0.4, -0.2) is 24.1 Å². The van der Waals surface area contributed by atoms with Gasteiger partial charge < -0.3 is 0 Å². The minimum absolute atomic E-state index is 0.123. The van der Waals surface area contributed by atoms with E-state index < -0.39 is 114 Å². The van der Waals surface area contributed by atoms with Gasteiger partial charge >= 0.3 is 0 Å². The smallest absolute Gasteiger partial charge is 0.240 e. The standard InChI is InChI=1S/C48H33N5/c1-48(2)39-22-10-5-16-32(39)33-28-27-30(29-40(33)48)31-15-3-4-21-38(31)45-49-46(52-41-23-11-6-17-34(41)35-18-7-12-24-42(35)52)51-47(50-45)53-43-25-13-8-19-36(43)37-20-9-14-26-44(37)53/h3-29H,1-2H3/i6D,7D,8D,9D,11D,12D,13D,14D,17D,18D,19D,20D,23D,24D,25D,26D. The van der Waals surface area contributed by atoms with Gasteiger partial charge in [0.05, 0.1) is 44.0 Å². The normalized spacial score (nSPS) is 17.5. The molecule has 0 amide bonds. The lowest BCUT2D eigenvalue weighted by Crippen LogP contribution is -2.14. The highest BCUT2D eigenvalue weighted by Crippen LogP contribution is 2.50. The average molecular weight is 696 g/mol. The number of fused-ring (bicyclic) bond motifs is 9. The zero-order chi connectivity index (χ0) is 49.2. The van der Waals surface area contributed by atoms with Crippen molar-refractivity contribution < 1.29 is 21.9 Å². The molecule has 5 heteroatoms. The van der Waals surface area contributed by atoms with Crippen LogP contribution in [0, 0.1) is 0 Å². The first-order valence-electron chi connectivity index (χ1n) is 24.8. The summed E-state index contributed by atoms with van der Waals surface area (Å²) in [6.45, 7) is 4.28. The van der Waals surface area contributed by atoms with Crippen molar-refractivity contribution in [3.63, 3.8) is 0 Å². The molecule has 7 aromatic carbocycles. The molecule has 0 fully saturated rings. The molecule has 0 saturated carbocycles. The van der Waals surface area contributed by atoms with Gasteiger partial charge in [0.1, 0.15) is 0 Å². The van der Waals surface area contributed by atoms with Crippen LogP contribution in [0.25, 0.3) is 89.2 Å². The van der Waals surface area contributed by atoms with Crippen molar-refractivity contribution in [2.45, 2.75) is 19.3 Å². The second-order valence-electron chi connectivity index (χ2n) is 13.3. The van der Waals surface area contributed by atoms with Crippen LogP contribution in [-0.2, 0) is 5.41 Å². The van der Waals surface area contributed by atoms with Gasteiger partial charge in [-0.05, 0) is 63.6 Å². The van der Waals surface area contributed by atoms with Crippen LogP contribution in [0.2, 0.25) is 0 Å². The summed E-state index contributed by atoms with van der Waals surface area (Å²) in [4.78, 5) is 14.7.